The number of ether oxygens (including phenoxy) is 1. The second-order valence-electron chi connectivity index (χ2n) is 5.79. The first-order valence-electron chi connectivity index (χ1n) is 8.23. The van der Waals surface area contributed by atoms with Crippen molar-refractivity contribution in [2.75, 3.05) is 20.7 Å². The number of hydrogen-bond donors (Lipinski definition) is 1. The minimum atomic E-state index is -0.0931. The maximum atomic E-state index is 12.4. The lowest BCUT2D eigenvalue weighted by Gasteiger charge is -2.26. The standard InChI is InChI=1S/C19H24N2O3S/c1-14(16-7-4-5-8-17(16)24-3)21(2)18(22)9-6-11-20-19(23)15-10-12-25-13-15/h4-5,7-8,10,12-14H,6,9,11H2,1-3H3,(H,20,23). The van der Waals surface area contributed by atoms with Crippen LogP contribution in [0.5, 0.6) is 5.75 Å². The number of carbonyl (C=O) groups excluding carboxylic acids is 2. The van der Waals surface area contributed by atoms with E-state index in [1.165, 1.54) is 11.3 Å². The van der Waals surface area contributed by atoms with Crippen molar-refractivity contribution in [2.45, 2.75) is 25.8 Å². The monoisotopic (exact) mass is 360 g/mol. The largest absolute Gasteiger partial charge is 0.496 e. The van der Waals surface area contributed by atoms with Crippen LogP contribution in [0, 0.1) is 0 Å². The molecule has 6 heteroatoms. The molecule has 0 aliphatic rings. The van der Waals surface area contributed by atoms with Crippen LogP contribution in [0.3, 0.4) is 0 Å². The molecule has 0 radical (unpaired) electrons. The Morgan fingerprint density at radius 3 is 2.72 bits per heavy atom. The molecule has 2 rings (SSSR count). The molecular weight excluding hydrogens is 336 g/mol. The molecule has 1 heterocycles. The highest BCUT2D eigenvalue weighted by Gasteiger charge is 2.19. The Balaban J connectivity index is 1.80. The van der Waals surface area contributed by atoms with Gasteiger partial charge in [0, 0.05) is 36.5 Å². The van der Waals surface area contributed by atoms with Crippen molar-refractivity contribution in [3.05, 3.63) is 52.2 Å². The van der Waals surface area contributed by atoms with Crippen LogP contribution >= 0.6 is 11.3 Å². The van der Waals surface area contributed by atoms with Crippen molar-refractivity contribution in [3.63, 3.8) is 0 Å². The summed E-state index contributed by atoms with van der Waals surface area (Å²) in [5, 5.41) is 6.51. The van der Waals surface area contributed by atoms with E-state index in [-0.39, 0.29) is 17.9 Å². The molecule has 0 bridgehead atoms. The van der Waals surface area contributed by atoms with E-state index in [1.807, 2.05) is 41.9 Å². The smallest absolute Gasteiger partial charge is 0.252 e. The number of carbonyl (C=O) groups is 2. The fourth-order valence-corrected chi connectivity index (χ4v) is 3.19. The zero-order valence-electron chi connectivity index (χ0n) is 14.8. The van der Waals surface area contributed by atoms with Crippen LogP contribution in [0.2, 0.25) is 0 Å². The van der Waals surface area contributed by atoms with Crippen molar-refractivity contribution in [2.24, 2.45) is 0 Å². The van der Waals surface area contributed by atoms with Crippen LogP contribution in [0.4, 0.5) is 0 Å². The number of hydrogen-bond acceptors (Lipinski definition) is 4. The van der Waals surface area contributed by atoms with E-state index < -0.39 is 0 Å². The Kier molecular flexibility index (Phi) is 7.01. The van der Waals surface area contributed by atoms with E-state index in [9.17, 15) is 9.59 Å². The number of nitrogens with one attached hydrogen (secondary N) is 1. The van der Waals surface area contributed by atoms with E-state index in [1.54, 1.807) is 25.1 Å². The van der Waals surface area contributed by atoms with Gasteiger partial charge in [-0.25, -0.2) is 0 Å². The van der Waals surface area contributed by atoms with Crippen LogP contribution < -0.4 is 10.1 Å². The lowest BCUT2D eigenvalue weighted by molar-refractivity contribution is -0.131. The third kappa shape index (κ3) is 5.06. The van der Waals surface area contributed by atoms with Crippen LogP contribution in [-0.2, 0) is 4.79 Å². The number of para-hydroxylation sites is 1. The van der Waals surface area contributed by atoms with Gasteiger partial charge in [-0.1, -0.05) is 18.2 Å². The minimum absolute atomic E-state index is 0.0446. The molecule has 1 unspecified atom stereocenters. The Morgan fingerprint density at radius 1 is 1.28 bits per heavy atom. The average Bonchev–Trinajstić information content (AvgIpc) is 3.18. The number of methoxy groups -OCH3 is 1. The van der Waals surface area contributed by atoms with E-state index in [4.69, 9.17) is 4.74 Å². The van der Waals surface area contributed by atoms with Gasteiger partial charge in [0.25, 0.3) is 5.91 Å². The van der Waals surface area contributed by atoms with Crippen LogP contribution in [0.25, 0.3) is 0 Å². The number of benzene rings is 1. The summed E-state index contributed by atoms with van der Waals surface area (Å²) >= 11 is 1.49. The molecule has 1 N–H and O–H groups in total. The molecule has 1 aromatic carbocycles. The highest BCUT2D eigenvalue weighted by molar-refractivity contribution is 7.08. The first-order valence-corrected chi connectivity index (χ1v) is 9.18. The molecule has 134 valence electrons. The summed E-state index contributed by atoms with van der Waals surface area (Å²) in [6, 6.07) is 9.41. The summed E-state index contributed by atoms with van der Waals surface area (Å²) in [5.74, 6) is 0.727. The van der Waals surface area contributed by atoms with Crippen LogP contribution in [-0.4, -0.2) is 37.4 Å². The molecule has 1 atom stereocenters. The summed E-state index contributed by atoms with van der Waals surface area (Å²) in [6.45, 7) is 2.46. The Labute approximate surface area is 152 Å². The molecule has 0 fully saturated rings. The first-order chi connectivity index (χ1) is 12.0. The molecule has 2 aromatic rings. The van der Waals surface area contributed by atoms with Gasteiger partial charge >= 0.3 is 0 Å². The van der Waals surface area contributed by atoms with E-state index in [2.05, 4.69) is 5.32 Å². The summed E-state index contributed by atoms with van der Waals surface area (Å²) in [7, 11) is 3.42. The number of thiophene rings is 1. The molecular formula is C19H24N2O3S. The zero-order valence-corrected chi connectivity index (χ0v) is 15.6. The molecule has 0 saturated carbocycles. The highest BCUT2D eigenvalue weighted by Crippen LogP contribution is 2.28. The topological polar surface area (TPSA) is 58.6 Å². The number of amides is 2. The predicted octanol–water partition coefficient (Wildman–Crippen LogP) is 3.49. The molecule has 1 aromatic heterocycles. The maximum Gasteiger partial charge on any atom is 0.252 e. The second-order valence-corrected chi connectivity index (χ2v) is 6.57. The Bertz CT molecular complexity index is 700. The van der Waals surface area contributed by atoms with Gasteiger partial charge in [-0.15, -0.1) is 0 Å². The maximum absolute atomic E-state index is 12.4. The first kappa shape index (κ1) is 19.0. The summed E-state index contributed by atoms with van der Waals surface area (Å²) in [4.78, 5) is 26.0. The molecule has 25 heavy (non-hydrogen) atoms. The van der Waals surface area contributed by atoms with Crippen molar-refractivity contribution in [1.29, 1.82) is 0 Å². The minimum Gasteiger partial charge on any atom is -0.496 e. The molecule has 0 spiro atoms. The Morgan fingerprint density at radius 2 is 2.04 bits per heavy atom. The Hall–Kier alpha value is -2.34. The molecule has 5 nitrogen and oxygen atoms in total. The lowest BCUT2D eigenvalue weighted by atomic mass is 10.1. The van der Waals surface area contributed by atoms with Crippen LogP contribution in [0.15, 0.2) is 41.1 Å². The fourth-order valence-electron chi connectivity index (χ4n) is 2.55. The van der Waals surface area contributed by atoms with Gasteiger partial charge in [-0.3, -0.25) is 9.59 Å². The van der Waals surface area contributed by atoms with Gasteiger partial charge in [0.15, 0.2) is 0 Å². The van der Waals surface area contributed by atoms with Gasteiger partial charge in [-0.2, -0.15) is 11.3 Å². The van der Waals surface area contributed by atoms with Crippen molar-refractivity contribution in [1.82, 2.24) is 10.2 Å². The van der Waals surface area contributed by atoms with Gasteiger partial charge in [-0.05, 0) is 30.9 Å². The predicted molar refractivity (Wildman–Crippen MR) is 100 cm³/mol. The van der Waals surface area contributed by atoms with E-state index >= 15 is 0 Å². The molecule has 0 saturated heterocycles. The quantitative estimate of drug-likeness (QED) is 0.733. The van der Waals surface area contributed by atoms with Crippen LogP contribution in [0.1, 0.15) is 41.7 Å². The average molecular weight is 360 g/mol. The van der Waals surface area contributed by atoms with Gasteiger partial charge in [0.2, 0.25) is 5.91 Å². The van der Waals surface area contributed by atoms with Gasteiger partial charge < -0.3 is 15.0 Å². The molecule has 0 aliphatic heterocycles. The van der Waals surface area contributed by atoms with E-state index in [0.717, 1.165) is 11.3 Å². The summed E-state index contributed by atoms with van der Waals surface area (Å²) in [6.07, 6.45) is 0.998. The number of nitrogens with zero attached hydrogens (tertiary/aromatic N) is 1. The highest BCUT2D eigenvalue weighted by atomic mass is 32.1. The third-order valence-electron chi connectivity index (χ3n) is 4.20. The molecule has 0 aliphatic carbocycles. The van der Waals surface area contributed by atoms with Crippen molar-refractivity contribution in [3.8, 4) is 5.75 Å². The zero-order chi connectivity index (χ0) is 18.2. The van der Waals surface area contributed by atoms with Crippen molar-refractivity contribution >= 4 is 23.2 Å². The SMILES string of the molecule is COc1ccccc1C(C)N(C)C(=O)CCCNC(=O)c1ccsc1. The van der Waals surface area contributed by atoms with E-state index in [0.29, 0.717) is 24.9 Å². The third-order valence-corrected chi connectivity index (χ3v) is 4.88. The summed E-state index contributed by atoms with van der Waals surface area (Å²) < 4.78 is 5.37. The number of rotatable bonds is 8. The normalized spacial score (nSPS) is 11.6. The lowest BCUT2D eigenvalue weighted by Crippen LogP contribution is -2.31. The van der Waals surface area contributed by atoms with Gasteiger partial charge in [0.1, 0.15) is 5.75 Å². The summed E-state index contributed by atoms with van der Waals surface area (Å²) in [5.41, 5.74) is 1.64. The fraction of sp³-hybridized carbons (Fsp3) is 0.368. The molecule has 2 amide bonds. The van der Waals surface area contributed by atoms with Gasteiger partial charge in [0.05, 0.1) is 13.2 Å². The van der Waals surface area contributed by atoms with Crippen molar-refractivity contribution < 1.29 is 14.3 Å². The second kappa shape index (κ2) is 9.22.